The second-order valence-corrected chi connectivity index (χ2v) is 6.65. The molecule has 0 unspecified atom stereocenters. The monoisotopic (exact) mass is 314 g/mol. The lowest BCUT2D eigenvalue weighted by Gasteiger charge is -2.13. The number of nitrogens with one attached hydrogen (secondary N) is 2. The van der Waals surface area contributed by atoms with Gasteiger partial charge in [0.15, 0.2) is 0 Å². The van der Waals surface area contributed by atoms with Crippen molar-refractivity contribution in [3.05, 3.63) is 23.8 Å². The molecule has 1 aromatic carbocycles. The summed E-state index contributed by atoms with van der Waals surface area (Å²) in [5.41, 5.74) is 0.317. The first-order valence-corrected chi connectivity index (χ1v) is 8.17. The van der Waals surface area contributed by atoms with Crippen LogP contribution < -0.4 is 10.0 Å². The number of hydrogen-bond donors (Lipinski definition) is 4. The van der Waals surface area contributed by atoms with Crippen molar-refractivity contribution in [3.8, 4) is 0 Å². The van der Waals surface area contributed by atoms with E-state index >= 15 is 0 Å². The zero-order chi connectivity index (χ0) is 15.5. The number of benzene rings is 1. The number of hydrogen-bond acceptors (Lipinski definition) is 5. The Balaban J connectivity index is 2.32. The van der Waals surface area contributed by atoms with Gasteiger partial charge in [0.2, 0.25) is 10.0 Å². The lowest BCUT2D eigenvalue weighted by molar-refractivity contribution is 0.0696. The number of aliphatic hydroxyl groups is 1. The van der Waals surface area contributed by atoms with Crippen LogP contribution in [0.25, 0.3) is 0 Å². The maximum atomic E-state index is 12.3. The lowest BCUT2D eigenvalue weighted by Crippen LogP contribution is -2.26. The molecular formula is C13H18N2O5S. The van der Waals surface area contributed by atoms with Crippen LogP contribution in [-0.4, -0.2) is 43.8 Å². The van der Waals surface area contributed by atoms with Gasteiger partial charge in [-0.2, -0.15) is 0 Å². The molecule has 0 atom stereocenters. The van der Waals surface area contributed by atoms with Gasteiger partial charge in [-0.1, -0.05) is 0 Å². The van der Waals surface area contributed by atoms with Gasteiger partial charge < -0.3 is 15.5 Å². The molecule has 0 aliphatic heterocycles. The van der Waals surface area contributed by atoms with Gasteiger partial charge in [-0.25, -0.2) is 17.9 Å². The van der Waals surface area contributed by atoms with E-state index < -0.39 is 16.0 Å². The summed E-state index contributed by atoms with van der Waals surface area (Å²) in [5, 5.41) is 20.8. The van der Waals surface area contributed by atoms with Gasteiger partial charge in [-0.05, 0) is 37.5 Å². The minimum absolute atomic E-state index is 0.0766. The summed E-state index contributed by atoms with van der Waals surface area (Å²) >= 11 is 0. The lowest BCUT2D eigenvalue weighted by atomic mass is 10.2. The fraction of sp³-hybridized carbons (Fsp3) is 0.462. The van der Waals surface area contributed by atoms with Gasteiger partial charge in [0.25, 0.3) is 0 Å². The smallest absolute Gasteiger partial charge is 0.335 e. The van der Waals surface area contributed by atoms with Gasteiger partial charge in [0.05, 0.1) is 11.3 Å². The average molecular weight is 314 g/mol. The van der Waals surface area contributed by atoms with E-state index in [2.05, 4.69) is 10.0 Å². The molecule has 0 aromatic heterocycles. The van der Waals surface area contributed by atoms with E-state index in [1.54, 1.807) is 0 Å². The Kier molecular flexibility index (Phi) is 4.81. The van der Waals surface area contributed by atoms with Gasteiger partial charge in [0, 0.05) is 19.2 Å². The van der Waals surface area contributed by atoms with Crippen LogP contribution in [0, 0.1) is 0 Å². The Hall–Kier alpha value is -1.64. The maximum absolute atomic E-state index is 12.3. The highest BCUT2D eigenvalue weighted by Gasteiger charge is 2.26. The third-order valence-corrected chi connectivity index (χ3v) is 4.58. The summed E-state index contributed by atoms with van der Waals surface area (Å²) in [6.07, 6.45) is 2.24. The largest absolute Gasteiger partial charge is 0.478 e. The summed E-state index contributed by atoms with van der Waals surface area (Å²) in [6, 6.07) is 4.24. The molecule has 0 saturated heterocycles. The normalized spacial score (nSPS) is 14.9. The molecular weight excluding hydrogens is 296 g/mol. The van der Waals surface area contributed by atoms with Crippen molar-refractivity contribution < 1.29 is 23.4 Å². The van der Waals surface area contributed by atoms with E-state index in [-0.39, 0.29) is 29.7 Å². The topological polar surface area (TPSA) is 116 Å². The third-order valence-electron chi connectivity index (χ3n) is 3.08. The predicted molar refractivity (Wildman–Crippen MR) is 76.9 cm³/mol. The summed E-state index contributed by atoms with van der Waals surface area (Å²) in [6.45, 7) is -0.0239. The van der Waals surface area contributed by atoms with Crippen LogP contribution in [0.1, 0.15) is 29.6 Å². The van der Waals surface area contributed by atoms with Crippen LogP contribution in [0.4, 0.5) is 5.69 Å². The van der Waals surface area contributed by atoms with E-state index in [9.17, 15) is 13.2 Å². The third kappa shape index (κ3) is 4.16. The first-order chi connectivity index (χ1) is 9.94. The van der Waals surface area contributed by atoms with Crippen molar-refractivity contribution in [2.45, 2.75) is 30.2 Å². The zero-order valence-corrected chi connectivity index (χ0v) is 12.2. The highest BCUT2D eigenvalue weighted by Crippen LogP contribution is 2.29. The number of sulfonamides is 1. The fourth-order valence-corrected chi connectivity index (χ4v) is 3.08. The molecule has 1 fully saturated rings. The molecule has 0 amide bonds. The molecule has 0 spiro atoms. The van der Waals surface area contributed by atoms with Crippen molar-refractivity contribution in [3.63, 3.8) is 0 Å². The number of carboxylic acid groups (broad SMARTS) is 1. The van der Waals surface area contributed by atoms with Crippen molar-refractivity contribution in [1.82, 2.24) is 4.72 Å². The Labute approximate surface area is 123 Å². The first kappa shape index (κ1) is 15.7. The van der Waals surface area contributed by atoms with E-state index in [1.807, 2.05) is 0 Å². The van der Waals surface area contributed by atoms with E-state index in [0.29, 0.717) is 12.1 Å². The number of carbonyl (C=O) groups is 1. The molecule has 1 saturated carbocycles. The second-order valence-electron chi connectivity index (χ2n) is 4.91. The zero-order valence-electron chi connectivity index (χ0n) is 11.4. The molecule has 0 bridgehead atoms. The molecule has 8 heteroatoms. The van der Waals surface area contributed by atoms with Crippen molar-refractivity contribution in [1.29, 1.82) is 0 Å². The minimum atomic E-state index is -3.82. The van der Waals surface area contributed by atoms with Crippen molar-refractivity contribution in [2.75, 3.05) is 18.5 Å². The van der Waals surface area contributed by atoms with Crippen LogP contribution in [-0.2, 0) is 10.0 Å². The second kappa shape index (κ2) is 6.42. The summed E-state index contributed by atoms with van der Waals surface area (Å²) in [5.74, 6) is -1.18. The van der Waals surface area contributed by atoms with Gasteiger partial charge in [-0.3, -0.25) is 0 Å². The number of rotatable bonds is 8. The molecule has 21 heavy (non-hydrogen) atoms. The van der Waals surface area contributed by atoms with Crippen LogP contribution in [0.5, 0.6) is 0 Å². The van der Waals surface area contributed by atoms with Crippen molar-refractivity contribution in [2.24, 2.45) is 0 Å². The first-order valence-electron chi connectivity index (χ1n) is 6.68. The molecule has 7 nitrogen and oxygen atoms in total. The molecule has 1 aromatic rings. The van der Waals surface area contributed by atoms with Crippen LogP contribution >= 0.6 is 0 Å². The molecule has 1 aliphatic carbocycles. The van der Waals surface area contributed by atoms with E-state index in [0.717, 1.165) is 18.9 Å². The van der Waals surface area contributed by atoms with Crippen LogP contribution in [0.2, 0.25) is 0 Å². The summed E-state index contributed by atoms with van der Waals surface area (Å²) in [4.78, 5) is 10.9. The molecule has 4 N–H and O–H groups in total. The summed E-state index contributed by atoms with van der Waals surface area (Å²) in [7, 11) is -3.82. The Morgan fingerprint density at radius 3 is 2.62 bits per heavy atom. The molecule has 1 aliphatic rings. The highest BCUT2D eigenvalue weighted by atomic mass is 32.2. The number of aromatic carboxylic acids is 1. The highest BCUT2D eigenvalue weighted by molar-refractivity contribution is 7.89. The van der Waals surface area contributed by atoms with Gasteiger partial charge in [0.1, 0.15) is 4.90 Å². The Morgan fingerprint density at radius 2 is 2.05 bits per heavy atom. The van der Waals surface area contributed by atoms with E-state index in [4.69, 9.17) is 10.2 Å². The van der Waals surface area contributed by atoms with Crippen molar-refractivity contribution >= 4 is 21.7 Å². The Bertz CT molecular complexity index is 625. The molecule has 2 rings (SSSR count). The van der Waals surface area contributed by atoms with Crippen LogP contribution in [0.15, 0.2) is 23.1 Å². The molecule has 0 heterocycles. The van der Waals surface area contributed by atoms with Crippen LogP contribution in [0.3, 0.4) is 0 Å². The fourth-order valence-electron chi connectivity index (χ4n) is 1.81. The Morgan fingerprint density at radius 1 is 1.33 bits per heavy atom. The quantitative estimate of drug-likeness (QED) is 0.523. The summed E-state index contributed by atoms with van der Waals surface area (Å²) < 4.78 is 26.9. The van der Waals surface area contributed by atoms with Gasteiger partial charge in [-0.15, -0.1) is 0 Å². The SMILES string of the molecule is O=C(O)c1ccc(NC2CC2)c(S(=O)(=O)NCCCO)c1. The number of anilines is 1. The minimum Gasteiger partial charge on any atom is -0.478 e. The predicted octanol–water partition coefficient (Wildman–Crippen LogP) is 0.620. The standard InChI is InChI=1S/C13H18N2O5S/c16-7-1-6-14-21(19,20)12-8-9(13(17)18)2-5-11(12)15-10-3-4-10/h2,5,8,10,14-16H,1,3-4,6-7H2,(H,17,18). The maximum Gasteiger partial charge on any atom is 0.335 e. The average Bonchev–Trinajstić information content (AvgIpc) is 3.23. The molecule has 116 valence electrons. The van der Waals surface area contributed by atoms with E-state index in [1.165, 1.54) is 12.1 Å². The molecule has 0 radical (unpaired) electrons. The number of aliphatic hydroxyl groups excluding tert-OH is 1. The van der Waals surface area contributed by atoms with Gasteiger partial charge >= 0.3 is 5.97 Å². The number of carboxylic acids is 1.